The average Bonchev–Trinajstić information content (AvgIpc) is 2.34. The molecule has 15 nitrogen and oxygen atoms in total. The molecule has 0 saturated heterocycles. The Bertz CT molecular complexity index is 651. The summed E-state index contributed by atoms with van der Waals surface area (Å²) in [5, 5.41) is 54.8. The zero-order valence-corrected chi connectivity index (χ0v) is 13.5. The van der Waals surface area contributed by atoms with Crippen molar-refractivity contribution >= 4 is 40.2 Å². The quantitative estimate of drug-likeness (QED) is 0.194. The van der Waals surface area contributed by atoms with Gasteiger partial charge >= 0.3 is 40.2 Å². The number of aliphatic hydroxyl groups excluding tert-OH is 1. The Balaban J connectivity index is 0. The lowest BCUT2D eigenvalue weighted by Gasteiger charge is -2.18. The molecule has 1 atom stereocenters. The maximum absolute atomic E-state index is 10.5. The number of carbonyl (C=O) groups is 5. The molecule has 0 aromatic heterocycles. The van der Waals surface area contributed by atoms with Gasteiger partial charge in [-0.25, -0.2) is 9.59 Å². The Morgan fingerprint density at radius 3 is 1.54 bits per heavy atom. The topological polar surface area (TPSA) is 276 Å². The smallest absolute Gasteiger partial charge is 0.382 e. The van der Waals surface area contributed by atoms with E-state index in [1.807, 2.05) is 0 Å². The molecule has 0 saturated carbocycles. The van der Waals surface area contributed by atoms with Crippen LogP contribution in [0.25, 0.3) is 0 Å². The summed E-state index contributed by atoms with van der Waals surface area (Å²) in [5.41, 5.74) is -2.74. The first-order chi connectivity index (χ1) is 11.5. The van der Waals surface area contributed by atoms with Crippen molar-refractivity contribution in [3.63, 3.8) is 0 Å². The highest BCUT2D eigenvalue weighted by molar-refractivity contribution is 7.84. The Morgan fingerprint density at radius 1 is 0.923 bits per heavy atom. The third-order valence-electron chi connectivity index (χ3n) is 2.12. The van der Waals surface area contributed by atoms with Gasteiger partial charge in [0.25, 0.3) is 0 Å². The SMILES string of the molecule is NS(=O)(=O)OC(=O)C(O)CC(=O)O.O=C(O)CC(O)(CC(=O)O)C(=O)O. The largest absolute Gasteiger partial charge is 0.481 e. The van der Waals surface area contributed by atoms with E-state index in [4.69, 9.17) is 30.6 Å². The molecule has 0 bridgehead atoms. The van der Waals surface area contributed by atoms with E-state index < -0.39 is 71.1 Å². The molecule has 0 radical (unpaired) electrons. The molecular weight excluding hydrogens is 390 g/mol. The van der Waals surface area contributed by atoms with Crippen LogP contribution in [-0.2, 0) is 38.5 Å². The minimum absolute atomic E-state index is 0.950. The lowest BCUT2D eigenvalue weighted by molar-refractivity contribution is -0.170. The van der Waals surface area contributed by atoms with Crippen LogP contribution in [0.15, 0.2) is 0 Å². The van der Waals surface area contributed by atoms with Crippen LogP contribution in [-0.4, -0.2) is 80.6 Å². The fraction of sp³-hybridized carbons (Fsp3) is 0.500. The van der Waals surface area contributed by atoms with Gasteiger partial charge in [-0.05, 0) is 0 Å². The minimum Gasteiger partial charge on any atom is -0.481 e. The molecule has 0 aliphatic heterocycles. The molecule has 8 N–H and O–H groups in total. The van der Waals surface area contributed by atoms with E-state index >= 15 is 0 Å². The van der Waals surface area contributed by atoms with Gasteiger partial charge < -0.3 is 34.8 Å². The molecule has 0 aromatic carbocycles. The molecule has 0 spiro atoms. The van der Waals surface area contributed by atoms with E-state index in [1.54, 1.807) is 0 Å². The molecule has 0 heterocycles. The number of hydrogen-bond acceptors (Lipinski definition) is 10. The Morgan fingerprint density at radius 2 is 1.31 bits per heavy atom. The van der Waals surface area contributed by atoms with Crippen LogP contribution >= 0.6 is 0 Å². The molecule has 0 amide bonds. The van der Waals surface area contributed by atoms with Crippen molar-refractivity contribution < 1.29 is 67.2 Å². The molecule has 0 aliphatic rings. The normalized spacial score (nSPS) is 12.1. The van der Waals surface area contributed by atoms with Crippen molar-refractivity contribution in [2.75, 3.05) is 0 Å². The van der Waals surface area contributed by atoms with Crippen molar-refractivity contribution in [2.24, 2.45) is 5.14 Å². The molecular formula is C10H15NO14S. The van der Waals surface area contributed by atoms with Gasteiger partial charge in [0.1, 0.15) is 0 Å². The van der Waals surface area contributed by atoms with Gasteiger partial charge in [0.2, 0.25) is 0 Å². The van der Waals surface area contributed by atoms with Crippen LogP contribution in [0.4, 0.5) is 0 Å². The van der Waals surface area contributed by atoms with Gasteiger partial charge in [-0.2, -0.15) is 13.6 Å². The lowest BCUT2D eigenvalue weighted by Crippen LogP contribution is -2.42. The molecule has 0 aromatic rings. The molecule has 0 fully saturated rings. The van der Waals surface area contributed by atoms with E-state index in [0.717, 1.165) is 0 Å². The van der Waals surface area contributed by atoms with Gasteiger partial charge in [0.05, 0.1) is 19.3 Å². The fourth-order valence-electron chi connectivity index (χ4n) is 1.13. The molecule has 26 heavy (non-hydrogen) atoms. The van der Waals surface area contributed by atoms with Crippen molar-refractivity contribution in [2.45, 2.75) is 31.0 Å². The van der Waals surface area contributed by atoms with Crippen molar-refractivity contribution in [3.8, 4) is 0 Å². The van der Waals surface area contributed by atoms with Crippen molar-refractivity contribution in [1.82, 2.24) is 0 Å². The minimum atomic E-state index is -4.51. The van der Waals surface area contributed by atoms with E-state index in [1.165, 1.54) is 0 Å². The average molecular weight is 405 g/mol. The van der Waals surface area contributed by atoms with Crippen molar-refractivity contribution in [1.29, 1.82) is 0 Å². The van der Waals surface area contributed by atoms with Crippen LogP contribution in [0.3, 0.4) is 0 Å². The standard InChI is InChI=1S/C6H8O7.C4H7NO7S/c7-3(8)1-6(13,5(11)12)2-4(9)10;5-13(10,11)12-4(9)2(6)1-3(7)8/h13H,1-2H2,(H,7,8)(H,9,10)(H,11,12);2,6H,1H2,(H,7,8)(H2,5,10,11). The number of carboxylic acids is 4. The van der Waals surface area contributed by atoms with Crippen LogP contribution < -0.4 is 5.14 Å². The van der Waals surface area contributed by atoms with Gasteiger partial charge in [-0.15, -0.1) is 0 Å². The van der Waals surface area contributed by atoms with E-state index in [-0.39, 0.29) is 0 Å². The summed E-state index contributed by atoms with van der Waals surface area (Å²) >= 11 is 0. The van der Waals surface area contributed by atoms with Crippen LogP contribution in [0, 0.1) is 0 Å². The third-order valence-corrected chi connectivity index (χ3v) is 2.52. The Hall–Kier alpha value is -2.82. The first-order valence-corrected chi connectivity index (χ1v) is 7.52. The van der Waals surface area contributed by atoms with E-state index in [9.17, 15) is 32.4 Å². The molecule has 1 unspecified atom stereocenters. The number of nitrogens with two attached hydrogens (primary N) is 1. The molecule has 0 rings (SSSR count). The Kier molecular flexibility index (Phi) is 10.0. The first-order valence-electron chi connectivity index (χ1n) is 6.05. The zero-order chi connectivity index (χ0) is 21.3. The number of aliphatic hydroxyl groups is 2. The summed E-state index contributed by atoms with van der Waals surface area (Å²) in [6.07, 6.45) is -5.28. The third kappa shape index (κ3) is 12.6. The maximum Gasteiger partial charge on any atom is 0.382 e. The van der Waals surface area contributed by atoms with Crippen LogP contribution in [0.5, 0.6) is 0 Å². The predicted octanol–water partition coefficient (Wildman–Crippen LogP) is -3.68. The predicted molar refractivity (Wildman–Crippen MR) is 74.6 cm³/mol. The molecule has 150 valence electrons. The maximum atomic E-state index is 10.5. The number of hydrogen-bond donors (Lipinski definition) is 7. The summed E-state index contributed by atoms with van der Waals surface area (Å²) in [5.74, 6) is -8.11. The van der Waals surface area contributed by atoms with E-state index in [2.05, 4.69) is 9.32 Å². The monoisotopic (exact) mass is 405 g/mol. The summed E-state index contributed by atoms with van der Waals surface area (Å²) in [6.45, 7) is 0. The number of aliphatic carboxylic acids is 4. The number of carboxylic acid groups (broad SMARTS) is 4. The second-order valence-corrected chi connectivity index (χ2v) is 5.64. The second-order valence-electron chi connectivity index (χ2n) is 4.49. The Labute approximate surface area is 144 Å². The van der Waals surface area contributed by atoms with Crippen molar-refractivity contribution in [3.05, 3.63) is 0 Å². The zero-order valence-electron chi connectivity index (χ0n) is 12.6. The summed E-state index contributed by atoms with van der Waals surface area (Å²) in [4.78, 5) is 50.9. The van der Waals surface area contributed by atoms with Gasteiger partial charge in [0, 0.05) is 0 Å². The van der Waals surface area contributed by atoms with Crippen LogP contribution in [0.2, 0.25) is 0 Å². The highest BCUT2D eigenvalue weighted by Crippen LogP contribution is 2.15. The fourth-order valence-corrected chi connectivity index (χ4v) is 1.47. The molecule has 16 heteroatoms. The first kappa shape index (κ1) is 25.4. The highest BCUT2D eigenvalue weighted by atomic mass is 32.2. The number of rotatable bonds is 9. The van der Waals surface area contributed by atoms with E-state index in [0.29, 0.717) is 0 Å². The highest BCUT2D eigenvalue weighted by Gasteiger charge is 2.40. The van der Waals surface area contributed by atoms with Crippen LogP contribution in [0.1, 0.15) is 19.3 Å². The lowest BCUT2D eigenvalue weighted by atomic mass is 9.96. The second kappa shape index (κ2) is 10.2. The van der Waals surface area contributed by atoms with Gasteiger partial charge in [-0.3, -0.25) is 14.4 Å². The molecule has 0 aliphatic carbocycles. The van der Waals surface area contributed by atoms with Gasteiger partial charge in [0.15, 0.2) is 11.7 Å². The summed E-state index contributed by atoms with van der Waals surface area (Å²) in [7, 11) is -4.51. The summed E-state index contributed by atoms with van der Waals surface area (Å²) in [6, 6.07) is 0. The van der Waals surface area contributed by atoms with Gasteiger partial charge in [-0.1, -0.05) is 0 Å². The summed E-state index contributed by atoms with van der Waals surface area (Å²) < 4.78 is 23.7. The number of carbonyl (C=O) groups excluding carboxylic acids is 1.